The number of rotatable bonds is 11. The third-order valence-electron chi connectivity index (χ3n) is 7.37. The van der Waals surface area contributed by atoms with Crippen molar-refractivity contribution < 1.29 is 9.47 Å². The van der Waals surface area contributed by atoms with Crippen LogP contribution in [-0.4, -0.2) is 49.0 Å². The molecule has 1 atom stereocenters. The summed E-state index contributed by atoms with van der Waals surface area (Å²) in [4.78, 5) is 15.9. The maximum atomic E-state index is 5.27. The fourth-order valence-corrected chi connectivity index (χ4v) is 4.85. The van der Waals surface area contributed by atoms with E-state index in [9.17, 15) is 0 Å². The molecule has 2 heterocycles. The largest absolute Gasteiger partial charge is 0.497 e. The number of nitrogens with one attached hydrogen (secondary N) is 4. The quantitative estimate of drug-likeness (QED) is 0.131. The van der Waals surface area contributed by atoms with E-state index in [0.717, 1.165) is 46.3 Å². The van der Waals surface area contributed by atoms with Gasteiger partial charge in [-0.1, -0.05) is 24.3 Å². The Hall–Kier alpha value is -5.84. The van der Waals surface area contributed by atoms with E-state index in [4.69, 9.17) is 9.47 Å². The summed E-state index contributed by atoms with van der Waals surface area (Å²) in [6, 6.07) is 31.9. The van der Waals surface area contributed by atoms with Gasteiger partial charge in [0.05, 0.1) is 26.0 Å². The molecule has 4 aromatic carbocycles. The SMILES string of the molecule is COc1ccc(Nc2nc(Nc3ccc(OC)cc3)nc(Nc3ccc(C4=NNC(c5ccc(N(C)C)cc5)C4)cc3)n2)cc1. The van der Waals surface area contributed by atoms with Crippen molar-refractivity contribution in [3.63, 3.8) is 0 Å². The van der Waals surface area contributed by atoms with Crippen LogP contribution < -0.4 is 35.7 Å². The standard InChI is InChI=1S/C34H35N9O2/c1-43(2)27-15-7-23(8-16-27)31-21-30(41-42-31)22-5-9-24(10-6-22)35-32-38-33(36-25-11-17-28(44-3)18-12-25)40-34(39-32)37-26-13-19-29(45-4)20-14-26/h5-20,31,42H,21H2,1-4H3,(H3,35,36,37,38,39,40). The van der Waals surface area contributed by atoms with Crippen LogP contribution in [0.3, 0.4) is 0 Å². The number of aromatic nitrogens is 3. The first-order valence-corrected chi connectivity index (χ1v) is 14.5. The molecule has 11 nitrogen and oxygen atoms in total. The molecule has 45 heavy (non-hydrogen) atoms. The number of nitrogens with zero attached hydrogens (tertiary/aromatic N) is 5. The van der Waals surface area contributed by atoms with Crippen molar-refractivity contribution in [3.05, 3.63) is 108 Å². The lowest BCUT2D eigenvalue weighted by Crippen LogP contribution is -2.11. The average Bonchev–Trinajstić information content (AvgIpc) is 3.56. The van der Waals surface area contributed by atoms with Gasteiger partial charge in [-0.05, 0) is 83.9 Å². The van der Waals surface area contributed by atoms with Gasteiger partial charge in [0.1, 0.15) is 11.5 Å². The van der Waals surface area contributed by atoms with E-state index in [-0.39, 0.29) is 6.04 Å². The molecule has 0 fully saturated rings. The molecule has 0 spiro atoms. The van der Waals surface area contributed by atoms with E-state index in [2.05, 4.69) is 82.7 Å². The van der Waals surface area contributed by atoms with Crippen LogP contribution in [0, 0.1) is 0 Å². The Morgan fingerprint density at radius 3 is 1.49 bits per heavy atom. The molecular weight excluding hydrogens is 566 g/mol. The monoisotopic (exact) mass is 601 g/mol. The maximum Gasteiger partial charge on any atom is 0.233 e. The molecule has 0 amide bonds. The third-order valence-corrected chi connectivity index (χ3v) is 7.37. The molecule has 1 aromatic heterocycles. The Bertz CT molecular complexity index is 1690. The van der Waals surface area contributed by atoms with Gasteiger partial charge in [0.15, 0.2) is 0 Å². The summed E-state index contributed by atoms with van der Waals surface area (Å²) in [5.74, 6) is 2.66. The van der Waals surface area contributed by atoms with Gasteiger partial charge in [0.2, 0.25) is 17.8 Å². The highest BCUT2D eigenvalue weighted by atomic mass is 16.5. The van der Waals surface area contributed by atoms with Gasteiger partial charge in [-0.15, -0.1) is 0 Å². The van der Waals surface area contributed by atoms with Gasteiger partial charge in [0.25, 0.3) is 0 Å². The summed E-state index contributed by atoms with van der Waals surface area (Å²) in [7, 11) is 7.35. The molecule has 6 rings (SSSR count). The average molecular weight is 602 g/mol. The second kappa shape index (κ2) is 13.2. The Balaban J connectivity index is 1.17. The molecule has 0 radical (unpaired) electrons. The molecule has 4 N–H and O–H groups in total. The van der Waals surface area contributed by atoms with Crippen LogP contribution >= 0.6 is 0 Å². The Kier molecular flexibility index (Phi) is 8.58. The van der Waals surface area contributed by atoms with Gasteiger partial charge in [0, 0.05) is 43.3 Å². The lowest BCUT2D eigenvalue weighted by atomic mass is 9.99. The van der Waals surface area contributed by atoms with Crippen LogP contribution in [0.5, 0.6) is 11.5 Å². The fraction of sp³-hybridized carbons (Fsp3) is 0.176. The highest BCUT2D eigenvalue weighted by Gasteiger charge is 2.21. The van der Waals surface area contributed by atoms with Crippen molar-refractivity contribution >= 4 is 46.3 Å². The second-order valence-electron chi connectivity index (χ2n) is 10.6. The minimum absolute atomic E-state index is 0.146. The van der Waals surface area contributed by atoms with Crippen molar-refractivity contribution in [1.82, 2.24) is 20.4 Å². The van der Waals surface area contributed by atoms with Gasteiger partial charge < -0.3 is 35.7 Å². The summed E-state index contributed by atoms with van der Waals surface area (Å²) in [6.45, 7) is 0. The minimum atomic E-state index is 0.146. The fourth-order valence-electron chi connectivity index (χ4n) is 4.85. The summed E-state index contributed by atoms with van der Waals surface area (Å²) in [5.41, 5.74) is 10.2. The van der Waals surface area contributed by atoms with Crippen molar-refractivity contribution in [1.29, 1.82) is 0 Å². The van der Waals surface area contributed by atoms with Crippen molar-refractivity contribution in [2.45, 2.75) is 12.5 Å². The number of methoxy groups -OCH3 is 2. The van der Waals surface area contributed by atoms with E-state index in [1.165, 1.54) is 11.3 Å². The zero-order valence-corrected chi connectivity index (χ0v) is 25.6. The lowest BCUT2D eigenvalue weighted by molar-refractivity contribution is 0.415. The summed E-state index contributed by atoms with van der Waals surface area (Å²) in [6.07, 6.45) is 0.808. The van der Waals surface area contributed by atoms with E-state index >= 15 is 0 Å². The van der Waals surface area contributed by atoms with Gasteiger partial charge in [-0.25, -0.2) is 0 Å². The van der Waals surface area contributed by atoms with Crippen LogP contribution in [-0.2, 0) is 0 Å². The number of ether oxygens (including phenoxy) is 2. The topological polar surface area (TPSA) is 121 Å². The smallest absolute Gasteiger partial charge is 0.233 e. The van der Waals surface area contributed by atoms with E-state index in [1.807, 2.05) is 74.8 Å². The van der Waals surface area contributed by atoms with Crippen LogP contribution in [0.25, 0.3) is 0 Å². The Morgan fingerprint density at radius 1 is 0.622 bits per heavy atom. The molecule has 0 aliphatic carbocycles. The molecule has 228 valence electrons. The molecule has 0 saturated heterocycles. The van der Waals surface area contributed by atoms with Crippen LogP contribution in [0.2, 0.25) is 0 Å². The van der Waals surface area contributed by atoms with E-state index in [0.29, 0.717) is 17.8 Å². The van der Waals surface area contributed by atoms with Gasteiger partial charge in [-0.2, -0.15) is 20.1 Å². The van der Waals surface area contributed by atoms with Crippen LogP contribution in [0.4, 0.5) is 40.6 Å². The zero-order chi connectivity index (χ0) is 31.2. The van der Waals surface area contributed by atoms with E-state index < -0.39 is 0 Å². The highest BCUT2D eigenvalue weighted by molar-refractivity contribution is 6.02. The number of hydrogen-bond donors (Lipinski definition) is 4. The molecule has 1 aliphatic heterocycles. The Labute approximate surface area is 262 Å². The summed E-state index contributed by atoms with van der Waals surface area (Å²) < 4.78 is 10.5. The molecule has 1 unspecified atom stereocenters. The zero-order valence-electron chi connectivity index (χ0n) is 25.6. The minimum Gasteiger partial charge on any atom is -0.497 e. The van der Waals surface area contributed by atoms with E-state index in [1.54, 1.807) is 14.2 Å². The number of hydrazone groups is 1. The van der Waals surface area contributed by atoms with Gasteiger partial charge in [-0.3, -0.25) is 0 Å². The highest BCUT2D eigenvalue weighted by Crippen LogP contribution is 2.28. The first-order chi connectivity index (χ1) is 21.9. The summed E-state index contributed by atoms with van der Waals surface area (Å²) in [5, 5.41) is 14.5. The number of benzene rings is 4. The van der Waals surface area contributed by atoms with Crippen molar-refractivity contribution in [3.8, 4) is 11.5 Å². The predicted octanol–water partition coefficient (Wildman–Crippen LogP) is 6.62. The second-order valence-corrected chi connectivity index (χ2v) is 10.6. The van der Waals surface area contributed by atoms with Crippen molar-refractivity contribution in [2.75, 3.05) is 49.2 Å². The van der Waals surface area contributed by atoms with Crippen molar-refractivity contribution in [2.24, 2.45) is 5.10 Å². The molecule has 0 bridgehead atoms. The molecule has 11 heteroatoms. The number of anilines is 7. The molecule has 1 aliphatic rings. The first kappa shape index (κ1) is 29.2. The molecule has 0 saturated carbocycles. The Morgan fingerprint density at radius 2 is 1.07 bits per heavy atom. The first-order valence-electron chi connectivity index (χ1n) is 14.5. The third kappa shape index (κ3) is 7.21. The van der Waals surface area contributed by atoms with Crippen LogP contribution in [0.15, 0.2) is 102 Å². The molecular formula is C34H35N9O2. The van der Waals surface area contributed by atoms with Gasteiger partial charge >= 0.3 is 0 Å². The number of hydrogen-bond acceptors (Lipinski definition) is 11. The van der Waals surface area contributed by atoms with Crippen LogP contribution in [0.1, 0.15) is 23.6 Å². The normalized spacial score (nSPS) is 13.8. The molecule has 5 aromatic rings. The summed E-state index contributed by atoms with van der Waals surface area (Å²) >= 11 is 0. The maximum absolute atomic E-state index is 5.27. The predicted molar refractivity (Wildman–Crippen MR) is 180 cm³/mol. The lowest BCUT2D eigenvalue weighted by Gasteiger charge is -2.15.